The van der Waals surface area contributed by atoms with Gasteiger partial charge in [-0.2, -0.15) is 0 Å². The second-order valence-corrected chi connectivity index (χ2v) is 4.95. The lowest BCUT2D eigenvalue weighted by molar-refractivity contribution is 0.174. The summed E-state index contributed by atoms with van der Waals surface area (Å²) in [6, 6.07) is 6.01. The van der Waals surface area contributed by atoms with Gasteiger partial charge in [0.2, 0.25) is 6.79 Å². The molecule has 0 atom stereocenters. The zero-order valence-electron chi connectivity index (χ0n) is 10.7. The van der Waals surface area contributed by atoms with E-state index in [0.29, 0.717) is 13.3 Å². The van der Waals surface area contributed by atoms with Crippen LogP contribution in [0.15, 0.2) is 18.2 Å². The second kappa shape index (κ2) is 4.45. The van der Waals surface area contributed by atoms with E-state index in [1.54, 1.807) is 0 Å². The molecule has 4 heteroatoms. The van der Waals surface area contributed by atoms with Crippen molar-refractivity contribution in [1.82, 2.24) is 0 Å². The Labute approximate surface area is 102 Å². The SMILES string of the molecule is CN(c1ccc2c(c1)OCO2)C(C)(C)CCN. The number of benzene rings is 1. The van der Waals surface area contributed by atoms with Crippen molar-refractivity contribution in [2.45, 2.75) is 25.8 Å². The van der Waals surface area contributed by atoms with Gasteiger partial charge in [0.25, 0.3) is 0 Å². The topological polar surface area (TPSA) is 47.7 Å². The predicted molar refractivity (Wildman–Crippen MR) is 68.7 cm³/mol. The van der Waals surface area contributed by atoms with Gasteiger partial charge in [-0.1, -0.05) is 0 Å². The van der Waals surface area contributed by atoms with Crippen LogP contribution in [0.2, 0.25) is 0 Å². The van der Waals surface area contributed by atoms with Crippen molar-refractivity contribution in [3.8, 4) is 11.5 Å². The first kappa shape index (κ1) is 12.0. The van der Waals surface area contributed by atoms with E-state index in [2.05, 4.69) is 25.8 Å². The lowest BCUT2D eigenvalue weighted by Crippen LogP contribution is -2.42. The monoisotopic (exact) mass is 236 g/mol. The van der Waals surface area contributed by atoms with Crippen molar-refractivity contribution in [2.75, 3.05) is 25.3 Å². The second-order valence-electron chi connectivity index (χ2n) is 4.95. The quantitative estimate of drug-likeness (QED) is 0.868. The maximum absolute atomic E-state index is 5.65. The van der Waals surface area contributed by atoms with Crippen molar-refractivity contribution in [1.29, 1.82) is 0 Å². The molecule has 1 aromatic carbocycles. The Morgan fingerprint density at radius 1 is 1.29 bits per heavy atom. The van der Waals surface area contributed by atoms with Crippen LogP contribution < -0.4 is 20.1 Å². The smallest absolute Gasteiger partial charge is 0.231 e. The summed E-state index contributed by atoms with van der Waals surface area (Å²) in [7, 11) is 2.08. The average Bonchev–Trinajstić information content (AvgIpc) is 2.74. The highest BCUT2D eigenvalue weighted by Gasteiger charge is 2.24. The van der Waals surface area contributed by atoms with E-state index in [9.17, 15) is 0 Å². The minimum atomic E-state index is 0.0302. The summed E-state index contributed by atoms with van der Waals surface area (Å²) in [6.45, 7) is 5.37. The molecule has 17 heavy (non-hydrogen) atoms. The molecule has 0 aliphatic carbocycles. The van der Waals surface area contributed by atoms with Crippen LogP contribution in [0.3, 0.4) is 0 Å². The van der Waals surface area contributed by atoms with E-state index < -0.39 is 0 Å². The maximum Gasteiger partial charge on any atom is 0.231 e. The highest BCUT2D eigenvalue weighted by atomic mass is 16.7. The van der Waals surface area contributed by atoms with Crippen molar-refractivity contribution >= 4 is 5.69 Å². The number of nitrogens with zero attached hydrogens (tertiary/aromatic N) is 1. The molecule has 1 aliphatic heterocycles. The molecule has 94 valence electrons. The summed E-state index contributed by atoms with van der Waals surface area (Å²) in [4.78, 5) is 2.22. The Morgan fingerprint density at radius 3 is 2.71 bits per heavy atom. The molecule has 0 spiro atoms. The molecule has 2 N–H and O–H groups in total. The largest absolute Gasteiger partial charge is 0.454 e. The molecule has 1 aliphatic rings. The Kier molecular flexibility index (Phi) is 3.15. The van der Waals surface area contributed by atoms with Gasteiger partial charge < -0.3 is 20.1 Å². The normalized spacial score (nSPS) is 13.9. The van der Waals surface area contributed by atoms with Crippen LogP contribution >= 0.6 is 0 Å². The van der Waals surface area contributed by atoms with Gasteiger partial charge >= 0.3 is 0 Å². The molecule has 0 saturated carbocycles. The zero-order valence-corrected chi connectivity index (χ0v) is 10.7. The van der Waals surface area contributed by atoms with Crippen molar-refractivity contribution in [3.05, 3.63) is 18.2 Å². The fourth-order valence-corrected chi connectivity index (χ4v) is 1.96. The Hall–Kier alpha value is -1.42. The van der Waals surface area contributed by atoms with Gasteiger partial charge in [-0.05, 0) is 38.9 Å². The Balaban J connectivity index is 2.22. The maximum atomic E-state index is 5.65. The number of ether oxygens (including phenoxy) is 2. The number of nitrogens with two attached hydrogens (primary N) is 1. The van der Waals surface area contributed by atoms with Crippen LogP contribution in [0, 0.1) is 0 Å². The number of hydrogen-bond acceptors (Lipinski definition) is 4. The van der Waals surface area contributed by atoms with Crippen LogP contribution in [0.25, 0.3) is 0 Å². The first-order chi connectivity index (χ1) is 8.04. The van der Waals surface area contributed by atoms with Gasteiger partial charge in [0, 0.05) is 24.3 Å². The first-order valence-corrected chi connectivity index (χ1v) is 5.88. The van der Waals surface area contributed by atoms with Crippen LogP contribution in [0.4, 0.5) is 5.69 Å². The third kappa shape index (κ3) is 2.31. The molecule has 1 heterocycles. The van der Waals surface area contributed by atoms with Crippen molar-refractivity contribution in [2.24, 2.45) is 5.73 Å². The molecule has 0 radical (unpaired) electrons. The molecule has 0 amide bonds. The molecule has 0 saturated heterocycles. The average molecular weight is 236 g/mol. The third-order valence-corrected chi connectivity index (χ3v) is 3.41. The van der Waals surface area contributed by atoms with Gasteiger partial charge in [-0.3, -0.25) is 0 Å². The fraction of sp³-hybridized carbons (Fsp3) is 0.538. The van der Waals surface area contributed by atoms with Crippen LogP contribution in [0.1, 0.15) is 20.3 Å². The standard InChI is InChI=1S/C13H20N2O2/c1-13(2,6-7-14)15(3)10-4-5-11-12(8-10)17-9-16-11/h4-5,8H,6-7,9,14H2,1-3H3. The molecule has 0 bridgehead atoms. The number of rotatable bonds is 4. The van der Waals surface area contributed by atoms with Crippen LogP contribution in [-0.4, -0.2) is 25.9 Å². The van der Waals surface area contributed by atoms with Crippen LogP contribution in [-0.2, 0) is 0 Å². The zero-order chi connectivity index (χ0) is 12.5. The summed E-state index contributed by atoms with van der Waals surface area (Å²) in [5, 5.41) is 0. The van der Waals surface area contributed by atoms with Gasteiger partial charge in [0.05, 0.1) is 0 Å². The number of fused-ring (bicyclic) bond motifs is 1. The Bertz CT molecular complexity index is 404. The van der Waals surface area contributed by atoms with E-state index in [1.807, 2.05) is 18.2 Å². The molecule has 0 aromatic heterocycles. The fourth-order valence-electron chi connectivity index (χ4n) is 1.96. The van der Waals surface area contributed by atoms with E-state index in [0.717, 1.165) is 23.6 Å². The third-order valence-electron chi connectivity index (χ3n) is 3.41. The molecular weight excluding hydrogens is 216 g/mol. The predicted octanol–water partition coefficient (Wildman–Crippen LogP) is 1.98. The van der Waals surface area contributed by atoms with Crippen LogP contribution in [0.5, 0.6) is 11.5 Å². The van der Waals surface area contributed by atoms with E-state index in [1.165, 1.54) is 0 Å². The molecule has 0 unspecified atom stereocenters. The summed E-state index contributed by atoms with van der Waals surface area (Å²) >= 11 is 0. The highest BCUT2D eigenvalue weighted by Crippen LogP contribution is 2.37. The van der Waals surface area contributed by atoms with E-state index in [4.69, 9.17) is 15.2 Å². The minimum Gasteiger partial charge on any atom is -0.454 e. The summed E-state index contributed by atoms with van der Waals surface area (Å²) < 4.78 is 10.7. The molecule has 1 aromatic rings. The lowest BCUT2D eigenvalue weighted by Gasteiger charge is -2.37. The molecule has 0 fully saturated rings. The highest BCUT2D eigenvalue weighted by molar-refractivity contribution is 5.57. The summed E-state index contributed by atoms with van der Waals surface area (Å²) in [5.74, 6) is 1.64. The molecule has 2 rings (SSSR count). The van der Waals surface area contributed by atoms with E-state index in [-0.39, 0.29) is 5.54 Å². The Morgan fingerprint density at radius 2 is 2.00 bits per heavy atom. The number of anilines is 1. The van der Waals surface area contributed by atoms with Crippen molar-refractivity contribution < 1.29 is 9.47 Å². The number of hydrogen-bond donors (Lipinski definition) is 1. The van der Waals surface area contributed by atoms with Crippen molar-refractivity contribution in [3.63, 3.8) is 0 Å². The first-order valence-electron chi connectivity index (χ1n) is 5.88. The molecular formula is C13H20N2O2. The minimum absolute atomic E-state index is 0.0302. The van der Waals surface area contributed by atoms with Gasteiger partial charge in [0.15, 0.2) is 11.5 Å². The van der Waals surface area contributed by atoms with Gasteiger partial charge in [-0.25, -0.2) is 0 Å². The summed E-state index contributed by atoms with van der Waals surface area (Å²) in [5.41, 5.74) is 6.80. The van der Waals surface area contributed by atoms with Gasteiger partial charge in [0.1, 0.15) is 0 Å². The lowest BCUT2D eigenvalue weighted by atomic mass is 9.98. The summed E-state index contributed by atoms with van der Waals surface area (Å²) in [6.07, 6.45) is 0.942. The van der Waals surface area contributed by atoms with Gasteiger partial charge in [-0.15, -0.1) is 0 Å². The molecule has 4 nitrogen and oxygen atoms in total. The van der Waals surface area contributed by atoms with E-state index >= 15 is 0 Å².